The molecular weight excluding hydrogens is 189 g/mol. The number of rotatable bonds is 2. The number of hydrogen-bond acceptors (Lipinski definition) is 1. The predicted octanol–water partition coefficient (Wildman–Crippen LogP) is 3.05. The van der Waals surface area contributed by atoms with Crippen LogP contribution in [0.15, 0.2) is 0 Å². The summed E-state index contributed by atoms with van der Waals surface area (Å²) in [5, 5.41) is 3.60. The van der Waals surface area contributed by atoms with Crippen LogP contribution in [0.4, 0.5) is 4.39 Å². The molecule has 3 aliphatic rings. The summed E-state index contributed by atoms with van der Waals surface area (Å²) in [7, 11) is 0. The molecule has 1 nitrogen and oxygen atoms in total. The van der Waals surface area contributed by atoms with Crippen LogP contribution in [0.2, 0.25) is 0 Å². The summed E-state index contributed by atoms with van der Waals surface area (Å²) in [6.07, 6.45) is 9.14. The minimum Gasteiger partial charge on any atom is -0.311 e. The average Bonchev–Trinajstić information content (AvgIpc) is 2.87. The number of hydrogen-bond donors (Lipinski definition) is 1. The molecule has 2 heteroatoms. The second-order valence-corrected chi connectivity index (χ2v) is 5.86. The van der Waals surface area contributed by atoms with Gasteiger partial charge in [-0.2, -0.15) is 0 Å². The van der Waals surface area contributed by atoms with Crippen molar-refractivity contribution in [1.82, 2.24) is 5.32 Å². The number of piperidine rings is 1. The molecule has 2 aliphatic heterocycles. The van der Waals surface area contributed by atoms with Gasteiger partial charge in [0.15, 0.2) is 0 Å². The predicted molar refractivity (Wildman–Crippen MR) is 59.5 cm³/mol. The van der Waals surface area contributed by atoms with Crippen LogP contribution < -0.4 is 5.32 Å². The molecule has 1 saturated carbocycles. The topological polar surface area (TPSA) is 12.0 Å². The van der Waals surface area contributed by atoms with Crippen molar-refractivity contribution >= 4 is 0 Å². The lowest BCUT2D eigenvalue weighted by atomic mass is 9.82. The highest BCUT2D eigenvalue weighted by Crippen LogP contribution is 2.40. The normalized spacial score (nSPS) is 43.4. The van der Waals surface area contributed by atoms with Crippen LogP contribution in [0, 0.1) is 11.8 Å². The van der Waals surface area contributed by atoms with Gasteiger partial charge < -0.3 is 5.32 Å². The van der Waals surface area contributed by atoms with Gasteiger partial charge in [-0.25, -0.2) is 4.39 Å². The van der Waals surface area contributed by atoms with Gasteiger partial charge in [-0.1, -0.05) is 12.8 Å². The monoisotopic (exact) mass is 211 g/mol. The van der Waals surface area contributed by atoms with E-state index in [-0.39, 0.29) is 0 Å². The van der Waals surface area contributed by atoms with Gasteiger partial charge in [-0.15, -0.1) is 0 Å². The maximum atomic E-state index is 14.3. The first-order valence-corrected chi connectivity index (χ1v) is 6.73. The van der Waals surface area contributed by atoms with E-state index >= 15 is 0 Å². The van der Waals surface area contributed by atoms with Crippen LogP contribution in [-0.4, -0.2) is 18.3 Å². The van der Waals surface area contributed by atoms with E-state index in [1.807, 2.05) is 0 Å². The Labute approximate surface area is 91.8 Å². The Morgan fingerprint density at radius 2 is 1.47 bits per heavy atom. The molecule has 2 saturated heterocycles. The lowest BCUT2D eigenvalue weighted by molar-refractivity contribution is 0.109. The number of halogens is 1. The Morgan fingerprint density at radius 3 is 2.07 bits per heavy atom. The van der Waals surface area contributed by atoms with Gasteiger partial charge in [0.2, 0.25) is 0 Å². The molecule has 2 bridgehead atoms. The summed E-state index contributed by atoms with van der Waals surface area (Å²) in [5.41, 5.74) is 0. The molecule has 0 aromatic heterocycles. The van der Waals surface area contributed by atoms with Gasteiger partial charge in [0, 0.05) is 12.1 Å². The minimum atomic E-state index is -0.488. The van der Waals surface area contributed by atoms with E-state index in [2.05, 4.69) is 5.32 Å². The Hall–Kier alpha value is -0.110. The van der Waals surface area contributed by atoms with E-state index in [0.29, 0.717) is 23.9 Å². The first kappa shape index (κ1) is 10.1. The Bertz CT molecular complexity index is 213. The highest BCUT2D eigenvalue weighted by molar-refractivity contribution is 4.95. The summed E-state index contributed by atoms with van der Waals surface area (Å²) in [4.78, 5) is 0. The highest BCUT2D eigenvalue weighted by atomic mass is 19.1. The Morgan fingerprint density at radius 1 is 0.867 bits per heavy atom. The van der Waals surface area contributed by atoms with Crippen LogP contribution >= 0.6 is 0 Å². The van der Waals surface area contributed by atoms with Crippen LogP contribution in [0.3, 0.4) is 0 Å². The molecule has 15 heavy (non-hydrogen) atoms. The van der Waals surface area contributed by atoms with E-state index in [1.54, 1.807) is 0 Å². The van der Waals surface area contributed by atoms with Gasteiger partial charge in [0.05, 0.1) is 0 Å². The van der Waals surface area contributed by atoms with Gasteiger partial charge in [-0.3, -0.25) is 0 Å². The molecule has 1 aliphatic carbocycles. The van der Waals surface area contributed by atoms with E-state index in [0.717, 1.165) is 25.7 Å². The molecule has 2 heterocycles. The molecule has 0 aromatic carbocycles. The van der Waals surface area contributed by atoms with Crippen molar-refractivity contribution in [1.29, 1.82) is 0 Å². The van der Waals surface area contributed by atoms with Gasteiger partial charge in [0.1, 0.15) is 6.17 Å². The summed E-state index contributed by atoms with van der Waals surface area (Å²) in [6.45, 7) is 0. The third-order valence-corrected chi connectivity index (χ3v) is 4.81. The zero-order valence-electron chi connectivity index (χ0n) is 9.42. The summed E-state index contributed by atoms with van der Waals surface area (Å²) >= 11 is 0. The second-order valence-electron chi connectivity index (χ2n) is 5.86. The van der Waals surface area contributed by atoms with Crippen molar-refractivity contribution in [2.45, 2.75) is 69.6 Å². The van der Waals surface area contributed by atoms with Gasteiger partial charge >= 0.3 is 0 Å². The minimum absolute atomic E-state index is 0.381. The first-order valence-electron chi connectivity index (χ1n) is 6.73. The molecule has 86 valence electrons. The van der Waals surface area contributed by atoms with E-state index in [9.17, 15) is 4.39 Å². The van der Waals surface area contributed by atoms with Crippen molar-refractivity contribution in [3.05, 3.63) is 0 Å². The largest absolute Gasteiger partial charge is 0.311 e. The smallest absolute Gasteiger partial charge is 0.106 e. The Kier molecular flexibility index (Phi) is 2.71. The molecule has 0 aromatic rings. The van der Waals surface area contributed by atoms with E-state index in [1.165, 1.54) is 25.7 Å². The van der Waals surface area contributed by atoms with Crippen LogP contribution in [-0.2, 0) is 0 Å². The van der Waals surface area contributed by atoms with Crippen molar-refractivity contribution in [2.75, 3.05) is 0 Å². The number of fused-ring (bicyclic) bond motifs is 2. The summed E-state index contributed by atoms with van der Waals surface area (Å²) in [6, 6.07) is 1.29. The van der Waals surface area contributed by atoms with Crippen LogP contribution in [0.1, 0.15) is 51.4 Å². The lowest BCUT2D eigenvalue weighted by Crippen LogP contribution is -2.42. The molecule has 3 unspecified atom stereocenters. The van der Waals surface area contributed by atoms with Crippen LogP contribution in [0.25, 0.3) is 0 Å². The third-order valence-electron chi connectivity index (χ3n) is 4.81. The molecule has 1 N–H and O–H groups in total. The average molecular weight is 211 g/mol. The van der Waals surface area contributed by atoms with Crippen LogP contribution in [0.5, 0.6) is 0 Å². The van der Waals surface area contributed by atoms with Crippen molar-refractivity contribution < 1.29 is 4.39 Å². The van der Waals surface area contributed by atoms with Crippen molar-refractivity contribution in [3.8, 4) is 0 Å². The highest BCUT2D eigenvalue weighted by Gasteiger charge is 2.40. The molecule has 3 fully saturated rings. The molecule has 3 rings (SSSR count). The SMILES string of the molecule is FC(C1CCCC1)C1CC2CCC(C1)N2. The van der Waals surface area contributed by atoms with Gasteiger partial charge in [-0.05, 0) is 50.4 Å². The maximum absolute atomic E-state index is 14.3. The van der Waals surface area contributed by atoms with E-state index in [4.69, 9.17) is 0 Å². The third kappa shape index (κ3) is 1.93. The fourth-order valence-electron chi connectivity index (χ4n) is 4.02. The number of nitrogens with one attached hydrogen (secondary N) is 1. The molecule has 0 spiro atoms. The zero-order chi connectivity index (χ0) is 10.3. The van der Waals surface area contributed by atoms with Gasteiger partial charge in [0.25, 0.3) is 0 Å². The fourth-order valence-corrected chi connectivity index (χ4v) is 4.02. The second kappa shape index (κ2) is 4.04. The summed E-state index contributed by atoms with van der Waals surface area (Å²) < 4.78 is 14.3. The Balaban J connectivity index is 1.61. The number of alkyl halides is 1. The standard InChI is InChI=1S/C13H22FN/c14-13(9-3-1-2-4-9)10-7-11-5-6-12(8-10)15-11/h9-13,15H,1-8H2. The quantitative estimate of drug-likeness (QED) is 0.740. The molecule has 0 amide bonds. The van der Waals surface area contributed by atoms with Crippen molar-refractivity contribution in [3.63, 3.8) is 0 Å². The summed E-state index contributed by atoms with van der Waals surface area (Å²) in [5.74, 6) is 0.791. The molecule has 3 atom stereocenters. The van der Waals surface area contributed by atoms with E-state index < -0.39 is 6.17 Å². The maximum Gasteiger partial charge on any atom is 0.106 e. The lowest BCUT2D eigenvalue weighted by Gasteiger charge is -2.33. The fraction of sp³-hybridized carbons (Fsp3) is 1.00. The first-order chi connectivity index (χ1) is 7.33. The molecular formula is C13H22FN. The van der Waals surface area contributed by atoms with Crippen molar-refractivity contribution in [2.24, 2.45) is 11.8 Å². The zero-order valence-corrected chi connectivity index (χ0v) is 9.42. The molecule has 0 radical (unpaired) electrons.